The van der Waals surface area contributed by atoms with Gasteiger partial charge >= 0.3 is 6.09 Å². The molecule has 142 valence electrons. The number of carbonyl (C=O) groups excluding carboxylic acids is 3. The van der Waals surface area contributed by atoms with E-state index in [1.54, 1.807) is 0 Å². The number of anilines is 1. The number of amides is 3. The summed E-state index contributed by atoms with van der Waals surface area (Å²) < 4.78 is 10.7. The van der Waals surface area contributed by atoms with E-state index in [4.69, 9.17) is 9.47 Å². The van der Waals surface area contributed by atoms with Gasteiger partial charge in [0.25, 0.3) is 5.91 Å². The zero-order chi connectivity index (χ0) is 19.5. The molecule has 0 aliphatic carbocycles. The molecular weight excluding hydrogens is 356 g/mol. The molecule has 1 aliphatic heterocycles. The van der Waals surface area contributed by atoms with Crippen molar-refractivity contribution in [2.24, 2.45) is 0 Å². The number of rotatable bonds is 7. The number of imide groups is 1. The lowest BCUT2D eigenvalue weighted by Crippen LogP contribution is -2.38. The maximum Gasteiger partial charge on any atom is 0.415 e. The van der Waals surface area contributed by atoms with Gasteiger partial charge in [0.1, 0.15) is 5.75 Å². The van der Waals surface area contributed by atoms with Gasteiger partial charge < -0.3 is 14.8 Å². The second-order valence-electron chi connectivity index (χ2n) is 6.71. The normalized spacial score (nSPS) is 19.3. The molecule has 7 nitrogen and oxygen atoms in total. The van der Waals surface area contributed by atoms with Crippen molar-refractivity contribution in [1.29, 1.82) is 0 Å². The number of alkyl carbamates (subject to hydrolysis) is 1. The quantitative estimate of drug-likeness (QED) is 0.755. The van der Waals surface area contributed by atoms with Gasteiger partial charge in [0.2, 0.25) is 5.91 Å². The van der Waals surface area contributed by atoms with E-state index in [2.05, 4.69) is 10.6 Å². The summed E-state index contributed by atoms with van der Waals surface area (Å²) in [7, 11) is 0. The van der Waals surface area contributed by atoms with Gasteiger partial charge in [-0.05, 0) is 45.7 Å². The molecule has 1 aromatic carbocycles. The van der Waals surface area contributed by atoms with E-state index in [-0.39, 0.29) is 23.5 Å². The Labute approximate surface area is 157 Å². The van der Waals surface area contributed by atoms with E-state index in [1.807, 2.05) is 39.8 Å². The second kappa shape index (κ2) is 7.99. The van der Waals surface area contributed by atoms with Gasteiger partial charge in [-0.25, -0.2) is 4.79 Å². The van der Waals surface area contributed by atoms with Gasteiger partial charge in [0.05, 0.1) is 11.9 Å². The number of carbonyl (C=O) groups is 3. The molecule has 8 heteroatoms. The largest absolute Gasteiger partial charge is 0.491 e. The SMILES string of the molecule is Cc1cc(C)c(OC(C)C)cc1NC(=O)CSCC1(C)OC(=O)NC1=O. The number of aryl methyl sites for hydroxylation is 2. The van der Waals surface area contributed by atoms with Crippen molar-refractivity contribution in [1.82, 2.24) is 5.32 Å². The van der Waals surface area contributed by atoms with Crippen LogP contribution in [0.2, 0.25) is 0 Å². The lowest BCUT2D eigenvalue weighted by atomic mass is 10.1. The van der Waals surface area contributed by atoms with Crippen LogP contribution in [0, 0.1) is 13.8 Å². The van der Waals surface area contributed by atoms with E-state index in [0.717, 1.165) is 16.9 Å². The van der Waals surface area contributed by atoms with E-state index in [0.29, 0.717) is 5.69 Å². The predicted molar refractivity (Wildman–Crippen MR) is 101 cm³/mol. The second-order valence-corrected chi connectivity index (χ2v) is 7.70. The molecule has 0 aromatic heterocycles. The first kappa shape index (κ1) is 20.1. The number of cyclic esters (lactones) is 1. The molecular formula is C18H24N2O5S. The minimum atomic E-state index is -1.24. The van der Waals surface area contributed by atoms with Gasteiger partial charge in [-0.15, -0.1) is 11.8 Å². The average molecular weight is 380 g/mol. The molecule has 1 saturated heterocycles. The number of benzene rings is 1. The van der Waals surface area contributed by atoms with Gasteiger partial charge in [0.15, 0.2) is 5.60 Å². The van der Waals surface area contributed by atoms with Crippen molar-refractivity contribution < 1.29 is 23.9 Å². The monoisotopic (exact) mass is 380 g/mol. The maximum absolute atomic E-state index is 12.2. The van der Waals surface area contributed by atoms with Crippen molar-refractivity contribution in [3.8, 4) is 5.75 Å². The summed E-state index contributed by atoms with van der Waals surface area (Å²) in [5.74, 6) is 0.377. The number of hydrogen-bond donors (Lipinski definition) is 2. The van der Waals surface area contributed by atoms with Crippen LogP contribution in [0.15, 0.2) is 12.1 Å². The zero-order valence-electron chi connectivity index (χ0n) is 15.6. The number of ether oxygens (including phenoxy) is 2. The summed E-state index contributed by atoms with van der Waals surface area (Å²) >= 11 is 1.23. The predicted octanol–water partition coefficient (Wildman–Crippen LogP) is 2.79. The Balaban J connectivity index is 1.93. The molecule has 3 amide bonds. The Morgan fingerprint density at radius 3 is 2.58 bits per heavy atom. The molecule has 0 bridgehead atoms. The zero-order valence-corrected chi connectivity index (χ0v) is 16.4. The fourth-order valence-electron chi connectivity index (χ4n) is 2.47. The molecule has 2 N–H and O–H groups in total. The standard InChI is InChI=1S/C18H24N2O5S/c1-10(2)24-14-7-13(11(3)6-12(14)4)19-15(21)8-26-9-18(5)16(22)20-17(23)25-18/h6-7,10H,8-9H2,1-5H3,(H,19,21)(H,20,22,23). The Morgan fingerprint density at radius 2 is 2.00 bits per heavy atom. The molecule has 1 unspecified atom stereocenters. The first-order chi connectivity index (χ1) is 12.1. The van der Waals surface area contributed by atoms with Crippen molar-refractivity contribution >= 4 is 35.4 Å². The van der Waals surface area contributed by atoms with E-state index in [1.165, 1.54) is 18.7 Å². The molecule has 0 saturated carbocycles. The summed E-state index contributed by atoms with van der Waals surface area (Å²) in [5.41, 5.74) is 1.40. The fraction of sp³-hybridized carbons (Fsp3) is 0.500. The summed E-state index contributed by atoms with van der Waals surface area (Å²) in [6.45, 7) is 9.29. The average Bonchev–Trinajstić information content (AvgIpc) is 2.76. The molecule has 1 aromatic rings. The topological polar surface area (TPSA) is 93.7 Å². The Hall–Kier alpha value is -2.22. The van der Waals surface area contributed by atoms with Crippen LogP contribution in [0.25, 0.3) is 0 Å². The molecule has 26 heavy (non-hydrogen) atoms. The first-order valence-electron chi connectivity index (χ1n) is 8.30. The fourth-order valence-corrected chi connectivity index (χ4v) is 3.41. The Kier molecular flexibility index (Phi) is 6.17. The number of thioether (sulfide) groups is 1. The summed E-state index contributed by atoms with van der Waals surface area (Å²) in [5, 5.41) is 4.95. The van der Waals surface area contributed by atoms with Gasteiger partial charge in [-0.3, -0.25) is 14.9 Å². The lowest BCUT2D eigenvalue weighted by Gasteiger charge is -2.18. The molecule has 0 spiro atoms. The van der Waals surface area contributed by atoms with Crippen LogP contribution >= 0.6 is 11.8 Å². The minimum absolute atomic E-state index is 0.0384. The van der Waals surface area contributed by atoms with Gasteiger partial charge in [0, 0.05) is 17.5 Å². The Morgan fingerprint density at radius 1 is 1.31 bits per heavy atom. The third kappa shape index (κ3) is 4.91. The van der Waals surface area contributed by atoms with Gasteiger partial charge in [-0.2, -0.15) is 0 Å². The Bertz CT molecular complexity index is 735. The molecule has 1 fully saturated rings. The first-order valence-corrected chi connectivity index (χ1v) is 9.46. The molecule has 1 aliphatic rings. The van der Waals surface area contributed by atoms with Crippen molar-refractivity contribution in [3.63, 3.8) is 0 Å². The molecule has 0 radical (unpaired) electrons. The van der Waals surface area contributed by atoms with Crippen LogP contribution in [0.3, 0.4) is 0 Å². The summed E-state index contributed by atoms with van der Waals surface area (Å²) in [6.07, 6.45) is -0.716. The van der Waals surface area contributed by atoms with Crippen LogP contribution in [0.5, 0.6) is 5.75 Å². The third-order valence-electron chi connectivity index (χ3n) is 3.78. The van der Waals surface area contributed by atoms with Crippen molar-refractivity contribution in [3.05, 3.63) is 23.3 Å². The summed E-state index contributed by atoms with van der Waals surface area (Å²) in [4.78, 5) is 35.0. The highest BCUT2D eigenvalue weighted by molar-refractivity contribution is 8.00. The van der Waals surface area contributed by atoms with Crippen molar-refractivity contribution in [2.45, 2.75) is 46.3 Å². The van der Waals surface area contributed by atoms with Crippen LogP contribution in [0.1, 0.15) is 31.9 Å². The molecule has 1 heterocycles. The van der Waals surface area contributed by atoms with Crippen LogP contribution in [-0.2, 0) is 14.3 Å². The number of nitrogens with one attached hydrogen (secondary N) is 2. The molecule has 1 atom stereocenters. The molecule has 2 rings (SSSR count). The highest BCUT2D eigenvalue weighted by atomic mass is 32.2. The van der Waals surface area contributed by atoms with E-state index < -0.39 is 17.6 Å². The smallest absolute Gasteiger partial charge is 0.415 e. The van der Waals surface area contributed by atoms with Crippen molar-refractivity contribution in [2.75, 3.05) is 16.8 Å². The summed E-state index contributed by atoms with van der Waals surface area (Å²) in [6, 6.07) is 3.78. The lowest BCUT2D eigenvalue weighted by molar-refractivity contribution is -0.128. The number of hydrogen-bond acceptors (Lipinski definition) is 6. The van der Waals surface area contributed by atoms with Crippen LogP contribution in [-0.4, -0.2) is 41.1 Å². The minimum Gasteiger partial charge on any atom is -0.491 e. The van der Waals surface area contributed by atoms with E-state index in [9.17, 15) is 14.4 Å². The van der Waals surface area contributed by atoms with Crippen LogP contribution < -0.4 is 15.4 Å². The maximum atomic E-state index is 12.2. The highest BCUT2D eigenvalue weighted by Crippen LogP contribution is 2.28. The highest BCUT2D eigenvalue weighted by Gasteiger charge is 2.44. The van der Waals surface area contributed by atoms with Crippen LogP contribution in [0.4, 0.5) is 10.5 Å². The van der Waals surface area contributed by atoms with Gasteiger partial charge in [-0.1, -0.05) is 6.07 Å². The van der Waals surface area contributed by atoms with E-state index >= 15 is 0 Å². The third-order valence-corrected chi connectivity index (χ3v) is 5.00.